The monoisotopic (exact) mass is 502 g/mol. The van der Waals surface area contributed by atoms with E-state index in [1.807, 2.05) is 55.4 Å². The molecule has 2 atom stereocenters. The van der Waals surface area contributed by atoms with Crippen molar-refractivity contribution >= 4 is 34.9 Å². The van der Waals surface area contributed by atoms with Crippen LogP contribution in [0.25, 0.3) is 0 Å². The number of hydrogen-bond acceptors (Lipinski definition) is 8. The SMILES string of the molecule is CC(C)(C)C1=NC(C)(C(C)(C)C)N=C1NNC(=O)C(=O)NNC1=NC(C)(C(C)(C)C)N=C1C(C)(C)C. The maximum absolute atomic E-state index is 12.6. The van der Waals surface area contributed by atoms with Gasteiger partial charge in [-0.05, 0) is 13.8 Å². The second-order valence-corrected chi connectivity index (χ2v) is 14.0. The summed E-state index contributed by atoms with van der Waals surface area (Å²) < 4.78 is 0. The van der Waals surface area contributed by atoms with Crippen molar-refractivity contribution in [3.05, 3.63) is 0 Å². The number of carbonyl (C=O) groups is 2. The van der Waals surface area contributed by atoms with Crippen molar-refractivity contribution in [2.45, 2.75) is 108 Å². The quantitative estimate of drug-likeness (QED) is 0.298. The molecule has 36 heavy (non-hydrogen) atoms. The normalized spacial score (nSPS) is 24.9. The number of hydrogen-bond donors (Lipinski definition) is 4. The summed E-state index contributed by atoms with van der Waals surface area (Å²) >= 11 is 0. The molecule has 10 heteroatoms. The largest absolute Gasteiger partial charge is 0.329 e. The lowest BCUT2D eigenvalue weighted by molar-refractivity contribution is -0.139. The second-order valence-electron chi connectivity index (χ2n) is 14.0. The molecule has 2 unspecified atom stereocenters. The number of aliphatic imine (C=N–C) groups is 4. The lowest BCUT2D eigenvalue weighted by atomic mass is 9.82. The molecule has 0 radical (unpaired) electrons. The van der Waals surface area contributed by atoms with Crippen LogP contribution in [0.1, 0.15) is 96.9 Å². The van der Waals surface area contributed by atoms with Crippen LogP contribution in [0.3, 0.4) is 0 Å². The van der Waals surface area contributed by atoms with E-state index in [9.17, 15) is 9.59 Å². The smallest absolute Gasteiger partial charge is 0.280 e. The van der Waals surface area contributed by atoms with Gasteiger partial charge in [-0.15, -0.1) is 0 Å². The van der Waals surface area contributed by atoms with Gasteiger partial charge in [0.05, 0.1) is 11.4 Å². The minimum Gasteiger partial charge on any atom is -0.280 e. The molecule has 0 aromatic carbocycles. The summed E-state index contributed by atoms with van der Waals surface area (Å²) in [6.07, 6.45) is 0. The van der Waals surface area contributed by atoms with Crippen LogP contribution < -0.4 is 21.7 Å². The van der Waals surface area contributed by atoms with E-state index in [1.165, 1.54) is 0 Å². The summed E-state index contributed by atoms with van der Waals surface area (Å²) in [4.78, 5) is 44.5. The standard InChI is InChI=1S/C26H46N8O2/c1-21(2,3)15-17(29-25(13,27-15)23(7,8)9)31-33-19(35)20(36)34-32-18-16(22(4,5)6)28-26(14,30-18)24(10,11)12/h1-14H3,(H,29,31)(H,30,32)(H,33,35)(H,34,36). The fourth-order valence-electron chi connectivity index (χ4n) is 3.37. The fourth-order valence-corrected chi connectivity index (χ4v) is 3.37. The Bertz CT molecular complexity index is 958. The van der Waals surface area contributed by atoms with Crippen LogP contribution in [0.2, 0.25) is 0 Å². The number of carbonyl (C=O) groups excluding carboxylic acids is 2. The Morgan fingerprint density at radius 1 is 0.556 bits per heavy atom. The highest BCUT2D eigenvalue weighted by atomic mass is 16.2. The highest BCUT2D eigenvalue weighted by Gasteiger charge is 2.46. The molecule has 0 fully saturated rings. The van der Waals surface area contributed by atoms with Crippen LogP contribution in [0.15, 0.2) is 20.0 Å². The van der Waals surface area contributed by atoms with E-state index >= 15 is 0 Å². The molecule has 0 spiro atoms. The van der Waals surface area contributed by atoms with Crippen LogP contribution in [-0.4, -0.2) is 46.2 Å². The van der Waals surface area contributed by atoms with Crippen molar-refractivity contribution < 1.29 is 9.59 Å². The summed E-state index contributed by atoms with van der Waals surface area (Å²) in [6, 6.07) is 0. The maximum atomic E-state index is 12.6. The molecule has 0 bridgehead atoms. The predicted molar refractivity (Wildman–Crippen MR) is 147 cm³/mol. The number of nitrogens with one attached hydrogen (secondary N) is 4. The van der Waals surface area contributed by atoms with Crippen LogP contribution in [0, 0.1) is 21.7 Å². The van der Waals surface area contributed by atoms with E-state index in [0.29, 0.717) is 11.7 Å². The van der Waals surface area contributed by atoms with E-state index in [0.717, 1.165) is 11.4 Å². The van der Waals surface area contributed by atoms with E-state index < -0.39 is 23.1 Å². The van der Waals surface area contributed by atoms with Crippen molar-refractivity contribution in [1.29, 1.82) is 0 Å². The van der Waals surface area contributed by atoms with Crippen LogP contribution in [-0.2, 0) is 9.59 Å². The minimum atomic E-state index is -0.880. The Labute approximate surface area is 216 Å². The molecule has 0 saturated carbocycles. The number of nitrogens with zero attached hydrogens (tertiary/aromatic N) is 4. The van der Waals surface area contributed by atoms with Gasteiger partial charge < -0.3 is 0 Å². The molecule has 2 heterocycles. The number of rotatable bonds is 0. The van der Waals surface area contributed by atoms with Crippen molar-refractivity contribution in [2.75, 3.05) is 0 Å². The van der Waals surface area contributed by atoms with Gasteiger partial charge in [0.25, 0.3) is 0 Å². The third-order valence-corrected chi connectivity index (χ3v) is 6.82. The molecular formula is C26H46N8O2. The molecule has 2 aliphatic rings. The molecule has 0 aliphatic carbocycles. The predicted octanol–water partition coefficient (Wildman–Crippen LogP) is 3.55. The molecule has 0 aromatic heterocycles. The Morgan fingerprint density at radius 3 is 1.06 bits per heavy atom. The number of hydrazine groups is 2. The van der Waals surface area contributed by atoms with E-state index in [4.69, 9.17) is 20.0 Å². The first-order chi connectivity index (χ1) is 15.9. The third-order valence-electron chi connectivity index (χ3n) is 6.82. The highest BCUT2D eigenvalue weighted by Crippen LogP contribution is 2.41. The molecule has 0 saturated heterocycles. The Kier molecular flexibility index (Phi) is 7.33. The number of amidine groups is 2. The third kappa shape index (κ3) is 5.95. The molecule has 2 aliphatic heterocycles. The molecular weight excluding hydrogens is 456 g/mol. The summed E-state index contributed by atoms with van der Waals surface area (Å²) in [6.45, 7) is 28.4. The van der Waals surface area contributed by atoms with Gasteiger partial charge in [-0.25, -0.2) is 9.98 Å². The molecule has 2 amide bonds. The highest BCUT2D eigenvalue weighted by molar-refractivity contribution is 6.46. The maximum Gasteiger partial charge on any atom is 0.329 e. The van der Waals surface area contributed by atoms with E-state index in [2.05, 4.69) is 63.2 Å². The molecule has 2 rings (SSSR count). The van der Waals surface area contributed by atoms with Gasteiger partial charge in [0.1, 0.15) is 0 Å². The van der Waals surface area contributed by atoms with E-state index in [1.54, 1.807) is 0 Å². The van der Waals surface area contributed by atoms with Crippen molar-refractivity contribution in [2.24, 2.45) is 41.6 Å². The lowest BCUT2D eigenvalue weighted by Crippen LogP contribution is -2.55. The number of amides is 2. The van der Waals surface area contributed by atoms with Gasteiger partial charge in [0.2, 0.25) is 0 Å². The minimum absolute atomic E-state index is 0.242. The second kappa shape index (κ2) is 8.95. The lowest BCUT2D eigenvalue weighted by Gasteiger charge is -2.33. The van der Waals surface area contributed by atoms with Crippen molar-refractivity contribution in [1.82, 2.24) is 21.7 Å². The average Bonchev–Trinajstić information content (AvgIpc) is 3.22. The van der Waals surface area contributed by atoms with Crippen molar-refractivity contribution in [3.8, 4) is 0 Å². The van der Waals surface area contributed by atoms with Gasteiger partial charge in [-0.2, -0.15) is 0 Å². The Balaban J connectivity index is 2.13. The van der Waals surface area contributed by atoms with E-state index in [-0.39, 0.29) is 21.7 Å². The average molecular weight is 503 g/mol. The Morgan fingerprint density at radius 2 is 0.833 bits per heavy atom. The molecule has 4 N–H and O–H groups in total. The van der Waals surface area contributed by atoms with Crippen LogP contribution in [0.5, 0.6) is 0 Å². The topological polar surface area (TPSA) is 132 Å². The summed E-state index contributed by atoms with van der Waals surface area (Å²) in [7, 11) is 0. The fraction of sp³-hybridized carbons (Fsp3) is 0.769. The first-order valence-electron chi connectivity index (χ1n) is 12.4. The first kappa shape index (κ1) is 29.5. The summed E-state index contributed by atoms with van der Waals surface area (Å²) in [5.41, 5.74) is 9.48. The molecule has 0 aromatic rings. The van der Waals surface area contributed by atoms with Crippen LogP contribution in [0.4, 0.5) is 0 Å². The van der Waals surface area contributed by atoms with Crippen molar-refractivity contribution in [3.63, 3.8) is 0 Å². The zero-order valence-corrected chi connectivity index (χ0v) is 24.6. The van der Waals surface area contributed by atoms with Gasteiger partial charge in [0, 0.05) is 21.7 Å². The molecule has 202 valence electrons. The van der Waals surface area contributed by atoms with Gasteiger partial charge in [0.15, 0.2) is 23.0 Å². The van der Waals surface area contributed by atoms with Gasteiger partial charge in [-0.1, -0.05) is 83.1 Å². The van der Waals surface area contributed by atoms with Crippen LogP contribution >= 0.6 is 0 Å². The zero-order valence-electron chi connectivity index (χ0n) is 24.6. The first-order valence-corrected chi connectivity index (χ1v) is 12.4. The zero-order chi connectivity index (χ0) is 28.1. The summed E-state index contributed by atoms with van der Waals surface area (Å²) in [5.74, 6) is -0.877. The summed E-state index contributed by atoms with van der Waals surface area (Å²) in [5, 5.41) is 0. The Hall–Kier alpha value is -2.78. The molecule has 10 nitrogen and oxygen atoms in total. The van der Waals surface area contributed by atoms with Gasteiger partial charge in [-0.3, -0.25) is 41.3 Å². The van der Waals surface area contributed by atoms with Gasteiger partial charge >= 0.3 is 11.8 Å².